The summed E-state index contributed by atoms with van der Waals surface area (Å²) in [5.74, 6) is -0.390. The van der Waals surface area contributed by atoms with Crippen LogP contribution in [0.15, 0.2) is 10.7 Å². The zero-order chi connectivity index (χ0) is 8.27. The third-order valence-electron chi connectivity index (χ3n) is 1.05. The highest BCUT2D eigenvalue weighted by Gasteiger charge is 2.10. The Balaban J connectivity index is 2.69. The second-order valence-electron chi connectivity index (χ2n) is 1.86. The molecule has 1 amide bonds. The van der Waals surface area contributed by atoms with Gasteiger partial charge in [0, 0.05) is 6.54 Å². The number of hydrogen-bond donors (Lipinski definition) is 1. The van der Waals surface area contributed by atoms with Crippen molar-refractivity contribution < 1.29 is 14.3 Å². The molecule has 11 heavy (non-hydrogen) atoms. The van der Waals surface area contributed by atoms with Crippen LogP contribution in [0.2, 0.25) is 0 Å². The maximum atomic E-state index is 10.9. The van der Waals surface area contributed by atoms with Gasteiger partial charge in [0.2, 0.25) is 0 Å². The number of amides is 1. The van der Waals surface area contributed by atoms with Gasteiger partial charge in [-0.05, 0) is 6.92 Å². The average molecular weight is 155 g/mol. The zero-order valence-electron chi connectivity index (χ0n) is 5.96. The van der Waals surface area contributed by atoms with Gasteiger partial charge in [0.1, 0.15) is 6.26 Å². The van der Waals surface area contributed by atoms with Gasteiger partial charge in [0.05, 0.1) is 0 Å². The SMILES string of the molecule is CCNC(=O)c1coc([O])n1. The van der Waals surface area contributed by atoms with Crippen molar-refractivity contribution in [2.45, 2.75) is 6.92 Å². The molecule has 5 heteroatoms. The summed E-state index contributed by atoms with van der Waals surface area (Å²) in [4.78, 5) is 14.2. The van der Waals surface area contributed by atoms with Gasteiger partial charge < -0.3 is 9.73 Å². The first kappa shape index (κ1) is 7.59. The lowest BCUT2D eigenvalue weighted by Gasteiger charge is -1.93. The van der Waals surface area contributed by atoms with Gasteiger partial charge in [0.15, 0.2) is 5.69 Å². The predicted octanol–water partition coefficient (Wildman–Crippen LogP) is 0.568. The lowest BCUT2D eigenvalue weighted by Crippen LogP contribution is -2.22. The Morgan fingerprint density at radius 2 is 2.55 bits per heavy atom. The summed E-state index contributed by atoms with van der Waals surface area (Å²) in [6, 6.07) is 0. The summed E-state index contributed by atoms with van der Waals surface area (Å²) in [5.41, 5.74) is 0.0249. The normalized spacial score (nSPS) is 9.55. The maximum absolute atomic E-state index is 10.9. The highest BCUT2D eigenvalue weighted by Crippen LogP contribution is 2.07. The smallest absolute Gasteiger partial charge is 0.414 e. The van der Waals surface area contributed by atoms with E-state index >= 15 is 0 Å². The second-order valence-corrected chi connectivity index (χ2v) is 1.86. The molecule has 0 fully saturated rings. The van der Waals surface area contributed by atoms with Gasteiger partial charge in [-0.2, -0.15) is 4.98 Å². The van der Waals surface area contributed by atoms with E-state index in [4.69, 9.17) is 0 Å². The molecule has 0 bridgehead atoms. The number of aromatic nitrogens is 1. The van der Waals surface area contributed by atoms with E-state index in [2.05, 4.69) is 14.7 Å². The molecule has 1 radical (unpaired) electrons. The van der Waals surface area contributed by atoms with Crippen molar-refractivity contribution in [3.63, 3.8) is 0 Å². The molecule has 59 valence electrons. The molecule has 0 saturated heterocycles. The molecule has 0 atom stereocenters. The molecule has 1 rings (SSSR count). The molecule has 0 aliphatic rings. The van der Waals surface area contributed by atoms with E-state index in [9.17, 15) is 9.90 Å². The Hall–Kier alpha value is -1.52. The van der Waals surface area contributed by atoms with Crippen LogP contribution < -0.4 is 5.32 Å². The van der Waals surface area contributed by atoms with Crippen molar-refractivity contribution in [3.05, 3.63) is 12.0 Å². The van der Waals surface area contributed by atoms with Crippen LogP contribution in [0, 0.1) is 0 Å². The first-order chi connectivity index (χ1) is 5.24. The molecule has 5 nitrogen and oxygen atoms in total. The Bertz CT molecular complexity index is 256. The second kappa shape index (κ2) is 3.05. The van der Waals surface area contributed by atoms with E-state index in [1.54, 1.807) is 6.92 Å². The molecule has 0 saturated carbocycles. The number of carbonyl (C=O) groups excluding carboxylic acids is 1. The van der Waals surface area contributed by atoms with Crippen LogP contribution >= 0.6 is 0 Å². The number of nitrogens with zero attached hydrogens (tertiary/aromatic N) is 1. The number of carbonyl (C=O) groups is 1. The number of hydrogen-bond acceptors (Lipinski definition) is 3. The highest BCUT2D eigenvalue weighted by molar-refractivity contribution is 5.91. The van der Waals surface area contributed by atoms with E-state index in [0.717, 1.165) is 6.26 Å². The molecule has 0 aliphatic heterocycles. The van der Waals surface area contributed by atoms with E-state index in [1.807, 2.05) is 0 Å². The molecule has 0 aliphatic carbocycles. The van der Waals surface area contributed by atoms with Crippen LogP contribution in [0.5, 0.6) is 6.08 Å². The predicted molar refractivity (Wildman–Crippen MR) is 34.6 cm³/mol. The minimum atomic E-state index is -0.744. The topological polar surface area (TPSA) is 75.0 Å². The van der Waals surface area contributed by atoms with Gasteiger partial charge in [-0.1, -0.05) is 0 Å². The fourth-order valence-corrected chi connectivity index (χ4v) is 0.613. The van der Waals surface area contributed by atoms with Crippen LogP contribution in [-0.2, 0) is 5.11 Å². The van der Waals surface area contributed by atoms with E-state index < -0.39 is 12.0 Å². The first-order valence-electron chi connectivity index (χ1n) is 3.14. The molecule has 0 unspecified atom stereocenters. The molecular formula is C6H7N2O3. The minimum absolute atomic E-state index is 0.0249. The van der Waals surface area contributed by atoms with E-state index in [0.29, 0.717) is 6.54 Å². The van der Waals surface area contributed by atoms with Crippen molar-refractivity contribution in [1.29, 1.82) is 0 Å². The van der Waals surface area contributed by atoms with Crippen molar-refractivity contribution in [2.24, 2.45) is 0 Å². The van der Waals surface area contributed by atoms with Crippen LogP contribution in [-0.4, -0.2) is 17.4 Å². The van der Waals surface area contributed by atoms with E-state index in [-0.39, 0.29) is 5.69 Å². The summed E-state index contributed by atoms with van der Waals surface area (Å²) in [6.45, 7) is 2.27. The number of oxazole rings is 1. The number of nitrogens with one attached hydrogen (secondary N) is 1. The highest BCUT2D eigenvalue weighted by atomic mass is 16.5. The molecule has 1 heterocycles. The fourth-order valence-electron chi connectivity index (χ4n) is 0.613. The summed E-state index contributed by atoms with van der Waals surface area (Å²) >= 11 is 0. The summed E-state index contributed by atoms with van der Waals surface area (Å²) in [6.07, 6.45) is 0.291. The Morgan fingerprint density at radius 1 is 1.82 bits per heavy atom. The summed E-state index contributed by atoms with van der Waals surface area (Å²) in [7, 11) is 0. The van der Waals surface area contributed by atoms with Crippen LogP contribution in [0.4, 0.5) is 0 Å². The maximum Gasteiger partial charge on any atom is 0.439 e. The monoisotopic (exact) mass is 155 g/mol. The third kappa shape index (κ3) is 1.70. The molecule has 1 aromatic heterocycles. The van der Waals surface area contributed by atoms with Crippen LogP contribution in [0.3, 0.4) is 0 Å². The Labute approximate surface area is 63.0 Å². The van der Waals surface area contributed by atoms with Gasteiger partial charge in [-0.15, -0.1) is 0 Å². The van der Waals surface area contributed by atoms with Crippen molar-refractivity contribution in [3.8, 4) is 6.08 Å². The third-order valence-corrected chi connectivity index (χ3v) is 1.05. The van der Waals surface area contributed by atoms with Gasteiger partial charge >= 0.3 is 6.08 Å². The lowest BCUT2D eigenvalue weighted by atomic mass is 10.4. The molecular weight excluding hydrogens is 148 g/mol. The lowest BCUT2D eigenvalue weighted by molar-refractivity contribution is 0.0950. The molecule has 1 aromatic rings. The first-order valence-corrected chi connectivity index (χ1v) is 3.14. The molecule has 0 aromatic carbocycles. The largest absolute Gasteiger partial charge is 0.439 e. The van der Waals surface area contributed by atoms with Crippen molar-refractivity contribution >= 4 is 5.91 Å². The quantitative estimate of drug-likeness (QED) is 0.678. The Morgan fingerprint density at radius 3 is 3.00 bits per heavy atom. The van der Waals surface area contributed by atoms with Gasteiger partial charge in [-0.25, -0.2) is 5.11 Å². The number of rotatable bonds is 2. The van der Waals surface area contributed by atoms with Crippen molar-refractivity contribution in [2.75, 3.05) is 6.54 Å². The zero-order valence-corrected chi connectivity index (χ0v) is 5.96. The van der Waals surface area contributed by atoms with Gasteiger partial charge in [-0.3, -0.25) is 4.79 Å². The van der Waals surface area contributed by atoms with Crippen molar-refractivity contribution in [1.82, 2.24) is 10.3 Å². The van der Waals surface area contributed by atoms with Gasteiger partial charge in [0.25, 0.3) is 5.91 Å². The summed E-state index contributed by atoms with van der Waals surface area (Å²) in [5, 5.41) is 12.8. The standard InChI is InChI=1S/C6H7N2O3/c1-2-7-5(9)4-3-11-6(10)8-4/h3H,2H2,1H3,(H,7,9). The van der Waals surface area contributed by atoms with Crippen LogP contribution in [0.25, 0.3) is 0 Å². The molecule has 1 N–H and O–H groups in total. The Kier molecular flexibility index (Phi) is 2.10. The average Bonchev–Trinajstić information content (AvgIpc) is 2.36. The fraction of sp³-hybridized carbons (Fsp3) is 0.333. The molecule has 0 spiro atoms. The summed E-state index contributed by atoms with van der Waals surface area (Å²) < 4.78 is 4.30. The van der Waals surface area contributed by atoms with E-state index in [1.165, 1.54) is 0 Å². The van der Waals surface area contributed by atoms with Crippen LogP contribution in [0.1, 0.15) is 17.4 Å². The minimum Gasteiger partial charge on any atom is -0.414 e.